The highest BCUT2D eigenvalue weighted by Crippen LogP contribution is 2.12. The fourth-order valence-corrected chi connectivity index (χ4v) is 2.47. The Morgan fingerprint density at radius 1 is 0.917 bits per heavy atom. The SMILES string of the molecule is CCCCCCCCNC(=O)/C=C\C(=O)OCC(CC)CCCC. The Labute approximate surface area is 148 Å². The smallest absolute Gasteiger partial charge is 0.330 e. The molecule has 0 spiro atoms. The fourth-order valence-electron chi connectivity index (χ4n) is 2.47. The Balaban J connectivity index is 3.74. The molecule has 0 radical (unpaired) electrons. The molecule has 0 saturated carbocycles. The van der Waals surface area contributed by atoms with Gasteiger partial charge in [-0.05, 0) is 18.8 Å². The lowest BCUT2D eigenvalue weighted by Crippen LogP contribution is -2.22. The normalized spacial score (nSPS) is 12.3. The van der Waals surface area contributed by atoms with Gasteiger partial charge in [-0.1, -0.05) is 72.1 Å². The number of esters is 1. The van der Waals surface area contributed by atoms with Gasteiger partial charge in [-0.25, -0.2) is 4.79 Å². The van der Waals surface area contributed by atoms with E-state index in [0.29, 0.717) is 19.1 Å². The first kappa shape index (κ1) is 22.7. The van der Waals surface area contributed by atoms with Crippen LogP contribution >= 0.6 is 0 Å². The molecule has 4 heteroatoms. The van der Waals surface area contributed by atoms with E-state index in [1.54, 1.807) is 0 Å². The topological polar surface area (TPSA) is 55.4 Å². The van der Waals surface area contributed by atoms with Gasteiger partial charge in [-0.2, -0.15) is 0 Å². The summed E-state index contributed by atoms with van der Waals surface area (Å²) in [5.74, 6) is -0.234. The van der Waals surface area contributed by atoms with Crippen LogP contribution in [0.15, 0.2) is 12.2 Å². The van der Waals surface area contributed by atoms with Crippen LogP contribution in [0.4, 0.5) is 0 Å². The highest BCUT2D eigenvalue weighted by Gasteiger charge is 2.08. The Kier molecular flexibility index (Phi) is 15.6. The lowest BCUT2D eigenvalue weighted by Gasteiger charge is -2.13. The molecule has 0 aliphatic heterocycles. The Hall–Kier alpha value is -1.32. The largest absolute Gasteiger partial charge is 0.462 e. The zero-order valence-corrected chi connectivity index (χ0v) is 15.9. The van der Waals surface area contributed by atoms with Gasteiger partial charge in [0.1, 0.15) is 0 Å². The highest BCUT2D eigenvalue weighted by atomic mass is 16.5. The van der Waals surface area contributed by atoms with Crippen LogP contribution in [0.25, 0.3) is 0 Å². The maximum atomic E-state index is 11.6. The second-order valence-corrected chi connectivity index (χ2v) is 6.44. The van der Waals surface area contributed by atoms with Gasteiger partial charge in [0, 0.05) is 18.7 Å². The van der Waals surface area contributed by atoms with Crippen LogP contribution in [0.3, 0.4) is 0 Å². The van der Waals surface area contributed by atoms with E-state index in [1.807, 2.05) is 0 Å². The molecular weight excluding hydrogens is 302 g/mol. The van der Waals surface area contributed by atoms with Crippen molar-refractivity contribution in [3.8, 4) is 0 Å². The molecule has 140 valence electrons. The van der Waals surface area contributed by atoms with E-state index in [1.165, 1.54) is 37.8 Å². The van der Waals surface area contributed by atoms with E-state index in [2.05, 4.69) is 26.1 Å². The fraction of sp³-hybridized carbons (Fsp3) is 0.800. The molecule has 0 aromatic heterocycles. The maximum absolute atomic E-state index is 11.6. The lowest BCUT2D eigenvalue weighted by molar-refractivity contribution is -0.139. The van der Waals surface area contributed by atoms with Gasteiger partial charge in [0.2, 0.25) is 5.91 Å². The Bertz CT molecular complexity index is 353. The van der Waals surface area contributed by atoms with E-state index in [0.717, 1.165) is 38.5 Å². The molecule has 1 N–H and O–H groups in total. The van der Waals surface area contributed by atoms with Gasteiger partial charge in [-0.3, -0.25) is 4.79 Å². The molecule has 1 unspecified atom stereocenters. The zero-order valence-electron chi connectivity index (χ0n) is 15.9. The van der Waals surface area contributed by atoms with Crippen molar-refractivity contribution >= 4 is 11.9 Å². The third kappa shape index (κ3) is 14.3. The van der Waals surface area contributed by atoms with Crippen molar-refractivity contribution in [2.45, 2.75) is 85.0 Å². The van der Waals surface area contributed by atoms with Crippen molar-refractivity contribution in [1.82, 2.24) is 5.32 Å². The molecule has 0 rings (SSSR count). The summed E-state index contributed by atoms with van der Waals surface area (Å²) >= 11 is 0. The minimum atomic E-state index is -0.431. The molecule has 0 aromatic carbocycles. The first-order chi connectivity index (χ1) is 11.6. The number of carbonyl (C=O) groups excluding carboxylic acids is 2. The molecule has 1 amide bonds. The third-order valence-corrected chi connectivity index (χ3v) is 4.20. The molecule has 0 bridgehead atoms. The molecule has 0 aromatic rings. The summed E-state index contributed by atoms with van der Waals surface area (Å²) in [7, 11) is 0. The Morgan fingerprint density at radius 3 is 2.25 bits per heavy atom. The molecule has 4 nitrogen and oxygen atoms in total. The minimum absolute atomic E-state index is 0.224. The molecule has 0 aliphatic carbocycles. The van der Waals surface area contributed by atoms with Crippen molar-refractivity contribution in [2.75, 3.05) is 13.2 Å². The van der Waals surface area contributed by atoms with Crippen LogP contribution < -0.4 is 5.32 Å². The van der Waals surface area contributed by atoms with Crippen LogP contribution in [0.5, 0.6) is 0 Å². The minimum Gasteiger partial charge on any atom is -0.462 e. The van der Waals surface area contributed by atoms with E-state index in [-0.39, 0.29) is 5.91 Å². The average Bonchev–Trinajstić information content (AvgIpc) is 2.59. The van der Waals surface area contributed by atoms with Crippen molar-refractivity contribution < 1.29 is 14.3 Å². The van der Waals surface area contributed by atoms with Crippen LogP contribution in [0.2, 0.25) is 0 Å². The maximum Gasteiger partial charge on any atom is 0.330 e. The number of nitrogens with one attached hydrogen (secondary N) is 1. The monoisotopic (exact) mass is 339 g/mol. The number of unbranched alkanes of at least 4 members (excludes halogenated alkanes) is 6. The molecule has 1 atom stereocenters. The van der Waals surface area contributed by atoms with E-state index in [4.69, 9.17) is 4.74 Å². The van der Waals surface area contributed by atoms with Crippen LogP contribution in [-0.2, 0) is 14.3 Å². The summed E-state index contributed by atoms with van der Waals surface area (Å²) in [5, 5.41) is 2.80. The molecule has 24 heavy (non-hydrogen) atoms. The van der Waals surface area contributed by atoms with E-state index in [9.17, 15) is 9.59 Å². The summed E-state index contributed by atoms with van der Waals surface area (Å²) in [6.07, 6.45) is 14.1. The summed E-state index contributed by atoms with van der Waals surface area (Å²) in [6.45, 7) is 7.58. The number of hydrogen-bond acceptors (Lipinski definition) is 3. The quantitative estimate of drug-likeness (QED) is 0.265. The summed E-state index contributed by atoms with van der Waals surface area (Å²) < 4.78 is 5.22. The van der Waals surface area contributed by atoms with Crippen molar-refractivity contribution in [1.29, 1.82) is 0 Å². The molecule has 0 saturated heterocycles. The standard InChI is InChI=1S/C20H37NO3/c1-4-7-9-10-11-12-16-21-19(22)14-15-20(23)24-17-18(6-3)13-8-5-2/h14-15,18H,4-13,16-17H2,1-3H3,(H,21,22)/b15-14-. The summed E-state index contributed by atoms with van der Waals surface area (Å²) in [5.41, 5.74) is 0. The summed E-state index contributed by atoms with van der Waals surface area (Å²) in [6, 6.07) is 0. The van der Waals surface area contributed by atoms with Gasteiger partial charge in [-0.15, -0.1) is 0 Å². The van der Waals surface area contributed by atoms with Gasteiger partial charge < -0.3 is 10.1 Å². The number of amides is 1. The highest BCUT2D eigenvalue weighted by molar-refractivity contribution is 5.94. The first-order valence-corrected chi connectivity index (χ1v) is 9.76. The molecular formula is C20H37NO3. The van der Waals surface area contributed by atoms with Crippen LogP contribution in [0.1, 0.15) is 85.0 Å². The molecule has 0 fully saturated rings. The van der Waals surface area contributed by atoms with Gasteiger partial charge in [0.25, 0.3) is 0 Å². The van der Waals surface area contributed by atoms with Crippen molar-refractivity contribution in [2.24, 2.45) is 5.92 Å². The third-order valence-electron chi connectivity index (χ3n) is 4.20. The van der Waals surface area contributed by atoms with Gasteiger partial charge >= 0.3 is 5.97 Å². The number of ether oxygens (including phenoxy) is 1. The predicted octanol–water partition coefficient (Wildman–Crippen LogP) is 4.78. The molecule has 0 heterocycles. The predicted molar refractivity (Wildman–Crippen MR) is 99.8 cm³/mol. The van der Waals surface area contributed by atoms with Crippen molar-refractivity contribution in [3.05, 3.63) is 12.2 Å². The lowest BCUT2D eigenvalue weighted by atomic mass is 10.0. The van der Waals surface area contributed by atoms with E-state index < -0.39 is 5.97 Å². The first-order valence-electron chi connectivity index (χ1n) is 9.76. The molecule has 0 aliphatic rings. The van der Waals surface area contributed by atoms with Gasteiger partial charge in [0.05, 0.1) is 6.61 Å². The van der Waals surface area contributed by atoms with Crippen molar-refractivity contribution in [3.63, 3.8) is 0 Å². The second kappa shape index (κ2) is 16.5. The van der Waals surface area contributed by atoms with Crippen LogP contribution in [-0.4, -0.2) is 25.0 Å². The number of carbonyl (C=O) groups is 2. The van der Waals surface area contributed by atoms with E-state index >= 15 is 0 Å². The summed E-state index contributed by atoms with van der Waals surface area (Å²) in [4.78, 5) is 23.2. The van der Waals surface area contributed by atoms with Gasteiger partial charge in [0.15, 0.2) is 0 Å². The van der Waals surface area contributed by atoms with Crippen LogP contribution in [0, 0.1) is 5.92 Å². The average molecular weight is 340 g/mol. The zero-order chi connectivity index (χ0) is 18.0. The Morgan fingerprint density at radius 2 is 1.58 bits per heavy atom. The second-order valence-electron chi connectivity index (χ2n) is 6.44. The number of hydrogen-bond donors (Lipinski definition) is 1. The number of rotatable bonds is 15.